The third kappa shape index (κ3) is 3.28. The summed E-state index contributed by atoms with van der Waals surface area (Å²) in [6.45, 7) is 4.07. The molecule has 0 bridgehead atoms. The Morgan fingerprint density at radius 2 is 2.53 bits per heavy atom. The molecule has 1 aliphatic rings. The van der Waals surface area contributed by atoms with E-state index in [2.05, 4.69) is 20.7 Å². The molecule has 1 aromatic rings. The molecule has 1 atom stereocenters. The number of anilines is 1. The van der Waals surface area contributed by atoms with Gasteiger partial charge in [-0.05, 0) is 20.4 Å². The van der Waals surface area contributed by atoms with Crippen LogP contribution in [0.25, 0.3) is 0 Å². The third-order valence-electron chi connectivity index (χ3n) is 2.94. The molecule has 1 amide bonds. The molecule has 1 unspecified atom stereocenters. The van der Waals surface area contributed by atoms with Gasteiger partial charge in [-0.15, -0.1) is 0 Å². The van der Waals surface area contributed by atoms with Crippen molar-refractivity contribution in [1.29, 1.82) is 0 Å². The molecule has 6 heteroatoms. The van der Waals surface area contributed by atoms with Gasteiger partial charge in [0.05, 0.1) is 6.54 Å². The van der Waals surface area contributed by atoms with Crippen LogP contribution >= 0.6 is 0 Å². The van der Waals surface area contributed by atoms with Crippen molar-refractivity contribution in [2.45, 2.75) is 19.4 Å². The fourth-order valence-corrected chi connectivity index (χ4v) is 2.02. The summed E-state index contributed by atoms with van der Waals surface area (Å²) in [6, 6.07) is 2.20. The predicted octanol–water partition coefficient (Wildman–Crippen LogP) is 0.215. The summed E-state index contributed by atoms with van der Waals surface area (Å²) < 4.78 is 4.88. The molecule has 0 radical (unpaired) electrons. The summed E-state index contributed by atoms with van der Waals surface area (Å²) in [5.41, 5.74) is 0. The smallest absolute Gasteiger partial charge is 0.239 e. The normalized spacial score (nSPS) is 20.7. The number of nitrogens with one attached hydrogen (secondary N) is 2. The van der Waals surface area contributed by atoms with Crippen molar-refractivity contribution in [3.63, 3.8) is 0 Å². The average molecular weight is 238 g/mol. The van der Waals surface area contributed by atoms with Crippen LogP contribution in [0, 0.1) is 6.92 Å². The van der Waals surface area contributed by atoms with Crippen molar-refractivity contribution in [2.75, 3.05) is 32.0 Å². The lowest BCUT2D eigenvalue weighted by molar-refractivity contribution is -0.117. The molecule has 0 aromatic carbocycles. The highest BCUT2D eigenvalue weighted by atomic mass is 16.5. The van der Waals surface area contributed by atoms with Crippen LogP contribution in [0.3, 0.4) is 0 Å². The monoisotopic (exact) mass is 238 g/mol. The molecule has 0 spiro atoms. The highest BCUT2D eigenvalue weighted by Gasteiger charge is 2.22. The summed E-state index contributed by atoms with van der Waals surface area (Å²) in [7, 11) is 1.95. The van der Waals surface area contributed by atoms with Crippen LogP contribution in [0.2, 0.25) is 0 Å². The first-order valence-corrected chi connectivity index (χ1v) is 5.80. The number of likely N-dealkylation sites (N-methyl/N-ethyl adjacent to an activating group) is 1. The van der Waals surface area contributed by atoms with Crippen LogP contribution in [-0.4, -0.2) is 48.7 Å². The van der Waals surface area contributed by atoms with Gasteiger partial charge in [-0.3, -0.25) is 9.69 Å². The van der Waals surface area contributed by atoms with Crippen molar-refractivity contribution in [3.8, 4) is 0 Å². The van der Waals surface area contributed by atoms with Crippen LogP contribution in [0.5, 0.6) is 0 Å². The maximum atomic E-state index is 11.7. The number of hydrogen-bond donors (Lipinski definition) is 2. The molecule has 1 aromatic heterocycles. The van der Waals surface area contributed by atoms with Gasteiger partial charge in [0.25, 0.3) is 0 Å². The lowest BCUT2D eigenvalue weighted by Gasteiger charge is -2.14. The van der Waals surface area contributed by atoms with Gasteiger partial charge in [0.2, 0.25) is 5.91 Å². The van der Waals surface area contributed by atoms with Crippen molar-refractivity contribution >= 4 is 11.7 Å². The molecule has 6 nitrogen and oxygen atoms in total. The Balaban J connectivity index is 1.78. The van der Waals surface area contributed by atoms with Gasteiger partial charge < -0.3 is 15.2 Å². The SMILES string of the molecule is CNC1CCN(CC(=O)Nc2cc(C)on2)C1. The number of carbonyl (C=O) groups is 1. The number of hydrogen-bond acceptors (Lipinski definition) is 5. The van der Waals surface area contributed by atoms with Crippen molar-refractivity contribution in [2.24, 2.45) is 0 Å². The zero-order valence-electron chi connectivity index (χ0n) is 10.2. The first-order valence-electron chi connectivity index (χ1n) is 5.80. The maximum absolute atomic E-state index is 11.7. The van der Waals surface area contributed by atoms with E-state index >= 15 is 0 Å². The van der Waals surface area contributed by atoms with Crippen LogP contribution in [0.1, 0.15) is 12.2 Å². The van der Waals surface area contributed by atoms with E-state index in [9.17, 15) is 4.79 Å². The largest absolute Gasteiger partial charge is 0.360 e. The number of rotatable bonds is 4. The highest BCUT2D eigenvalue weighted by Crippen LogP contribution is 2.10. The molecule has 0 aliphatic carbocycles. The maximum Gasteiger partial charge on any atom is 0.239 e. The van der Waals surface area contributed by atoms with Gasteiger partial charge in [0, 0.05) is 25.2 Å². The fourth-order valence-electron chi connectivity index (χ4n) is 2.02. The quantitative estimate of drug-likeness (QED) is 0.785. The molecule has 0 saturated carbocycles. The van der Waals surface area contributed by atoms with Crippen molar-refractivity contribution < 1.29 is 9.32 Å². The Morgan fingerprint density at radius 3 is 3.12 bits per heavy atom. The van der Waals surface area contributed by atoms with E-state index in [0.29, 0.717) is 24.2 Å². The Labute approximate surface area is 100 Å². The van der Waals surface area contributed by atoms with Gasteiger partial charge in [-0.1, -0.05) is 5.16 Å². The molecule has 1 aliphatic heterocycles. The van der Waals surface area contributed by atoms with Gasteiger partial charge in [0.15, 0.2) is 5.82 Å². The minimum Gasteiger partial charge on any atom is -0.360 e. The molecule has 2 heterocycles. The summed E-state index contributed by atoms with van der Waals surface area (Å²) in [5, 5.41) is 9.66. The van der Waals surface area contributed by atoms with Crippen LogP contribution in [-0.2, 0) is 4.79 Å². The Kier molecular flexibility index (Phi) is 3.75. The number of aromatic nitrogens is 1. The first-order chi connectivity index (χ1) is 8.17. The number of amides is 1. The molecular formula is C11H18N4O2. The Morgan fingerprint density at radius 1 is 1.71 bits per heavy atom. The van der Waals surface area contributed by atoms with Gasteiger partial charge in [-0.25, -0.2) is 0 Å². The summed E-state index contributed by atoms with van der Waals surface area (Å²) in [6.07, 6.45) is 1.09. The summed E-state index contributed by atoms with van der Waals surface area (Å²) >= 11 is 0. The number of likely N-dealkylation sites (tertiary alicyclic amines) is 1. The van der Waals surface area contributed by atoms with Gasteiger partial charge in [0.1, 0.15) is 5.76 Å². The zero-order valence-corrected chi connectivity index (χ0v) is 10.2. The lowest BCUT2D eigenvalue weighted by atomic mass is 10.3. The van der Waals surface area contributed by atoms with E-state index in [4.69, 9.17) is 4.52 Å². The van der Waals surface area contributed by atoms with E-state index in [1.54, 1.807) is 13.0 Å². The Bertz CT molecular complexity index is 391. The number of carbonyl (C=O) groups excluding carboxylic acids is 1. The summed E-state index contributed by atoms with van der Waals surface area (Å²) in [4.78, 5) is 13.8. The minimum absolute atomic E-state index is 0.0462. The molecule has 2 rings (SSSR count). The van der Waals surface area contributed by atoms with E-state index in [1.807, 2.05) is 7.05 Å². The second-order valence-corrected chi connectivity index (χ2v) is 4.38. The highest BCUT2D eigenvalue weighted by molar-refractivity contribution is 5.91. The molecule has 17 heavy (non-hydrogen) atoms. The van der Waals surface area contributed by atoms with E-state index in [-0.39, 0.29) is 5.91 Å². The lowest BCUT2D eigenvalue weighted by Crippen LogP contribution is -2.34. The standard InChI is InChI=1S/C11H18N4O2/c1-8-5-10(14-17-8)13-11(16)7-15-4-3-9(6-15)12-2/h5,9,12H,3-4,6-7H2,1-2H3,(H,13,14,16). The van der Waals surface area contributed by atoms with E-state index in [1.165, 1.54) is 0 Å². The third-order valence-corrected chi connectivity index (χ3v) is 2.94. The van der Waals surface area contributed by atoms with E-state index < -0.39 is 0 Å². The Hall–Kier alpha value is -1.40. The molecule has 1 saturated heterocycles. The molecule has 94 valence electrons. The average Bonchev–Trinajstić information content (AvgIpc) is 2.88. The zero-order chi connectivity index (χ0) is 12.3. The second-order valence-electron chi connectivity index (χ2n) is 4.38. The van der Waals surface area contributed by atoms with E-state index in [0.717, 1.165) is 19.5 Å². The number of aryl methyl sites for hydroxylation is 1. The van der Waals surface area contributed by atoms with Gasteiger partial charge >= 0.3 is 0 Å². The first kappa shape index (κ1) is 12.1. The molecule has 2 N–H and O–H groups in total. The fraction of sp³-hybridized carbons (Fsp3) is 0.636. The van der Waals surface area contributed by atoms with Crippen LogP contribution in [0.4, 0.5) is 5.82 Å². The van der Waals surface area contributed by atoms with Crippen molar-refractivity contribution in [1.82, 2.24) is 15.4 Å². The molecular weight excluding hydrogens is 220 g/mol. The van der Waals surface area contributed by atoms with Crippen LogP contribution in [0.15, 0.2) is 10.6 Å². The minimum atomic E-state index is -0.0462. The van der Waals surface area contributed by atoms with Crippen LogP contribution < -0.4 is 10.6 Å². The topological polar surface area (TPSA) is 70.4 Å². The summed E-state index contributed by atoms with van der Waals surface area (Å²) in [5.74, 6) is 1.13. The second kappa shape index (κ2) is 5.29. The van der Waals surface area contributed by atoms with Gasteiger partial charge in [-0.2, -0.15) is 0 Å². The van der Waals surface area contributed by atoms with Crippen molar-refractivity contribution in [3.05, 3.63) is 11.8 Å². The predicted molar refractivity (Wildman–Crippen MR) is 63.8 cm³/mol. The molecule has 1 fully saturated rings. The number of nitrogens with zero attached hydrogens (tertiary/aromatic N) is 2.